The van der Waals surface area contributed by atoms with Crippen LogP contribution in [0.1, 0.15) is 35.4 Å². The normalized spacial score (nSPS) is 17.8. The monoisotopic (exact) mass is 451 g/mol. The number of furan rings is 1. The van der Waals surface area contributed by atoms with Gasteiger partial charge in [0.2, 0.25) is 0 Å². The fourth-order valence-electron chi connectivity index (χ4n) is 3.94. The van der Waals surface area contributed by atoms with Gasteiger partial charge in [-0.05, 0) is 62.7 Å². The Morgan fingerprint density at radius 2 is 1.94 bits per heavy atom. The Morgan fingerprint density at radius 1 is 1.16 bits per heavy atom. The van der Waals surface area contributed by atoms with Gasteiger partial charge in [0.15, 0.2) is 0 Å². The number of amides is 1. The second kappa shape index (κ2) is 8.55. The first-order valence-corrected chi connectivity index (χ1v) is 10.6. The van der Waals surface area contributed by atoms with Crippen molar-refractivity contribution >= 4 is 34.7 Å². The van der Waals surface area contributed by atoms with Crippen molar-refractivity contribution in [3.8, 4) is 5.75 Å². The van der Waals surface area contributed by atoms with Crippen LogP contribution in [0.3, 0.4) is 0 Å². The fraction of sp³-hybridized carbons (Fsp3) is 0.200. The van der Waals surface area contributed by atoms with Crippen molar-refractivity contribution in [3.63, 3.8) is 0 Å². The molecular weight excluding hydrogens is 430 g/mol. The van der Waals surface area contributed by atoms with Crippen LogP contribution in [0.5, 0.6) is 5.75 Å². The van der Waals surface area contributed by atoms with Crippen LogP contribution >= 0.6 is 11.6 Å². The smallest absolute Gasteiger partial charge is 0.300 e. The molecule has 4 rings (SSSR count). The Hall–Kier alpha value is -3.51. The quantitative estimate of drug-likeness (QED) is 0.311. The van der Waals surface area contributed by atoms with Gasteiger partial charge in [0, 0.05) is 11.3 Å². The molecule has 1 unspecified atom stereocenters. The molecule has 1 atom stereocenters. The molecule has 32 heavy (non-hydrogen) atoms. The first-order chi connectivity index (χ1) is 15.3. The summed E-state index contributed by atoms with van der Waals surface area (Å²) >= 11 is 6.17. The van der Waals surface area contributed by atoms with Gasteiger partial charge in [-0.25, -0.2) is 0 Å². The maximum Gasteiger partial charge on any atom is 0.300 e. The minimum absolute atomic E-state index is 0.0605. The van der Waals surface area contributed by atoms with Crippen molar-refractivity contribution in [2.45, 2.75) is 26.8 Å². The van der Waals surface area contributed by atoms with Gasteiger partial charge in [-0.2, -0.15) is 0 Å². The van der Waals surface area contributed by atoms with Crippen LogP contribution in [0.4, 0.5) is 5.69 Å². The minimum atomic E-state index is -0.919. The second-order valence-corrected chi connectivity index (χ2v) is 7.96. The van der Waals surface area contributed by atoms with E-state index in [9.17, 15) is 14.7 Å². The predicted octanol–water partition coefficient (Wildman–Crippen LogP) is 5.57. The number of nitrogens with zero attached hydrogens (tertiary/aromatic N) is 1. The largest absolute Gasteiger partial charge is 0.507 e. The number of ether oxygens (including phenoxy) is 1. The Labute approximate surface area is 190 Å². The van der Waals surface area contributed by atoms with E-state index >= 15 is 0 Å². The van der Waals surface area contributed by atoms with Gasteiger partial charge in [-0.3, -0.25) is 14.5 Å². The van der Waals surface area contributed by atoms with E-state index in [0.29, 0.717) is 34.4 Å². The maximum absolute atomic E-state index is 13.2. The van der Waals surface area contributed by atoms with E-state index in [1.54, 1.807) is 36.4 Å². The van der Waals surface area contributed by atoms with Gasteiger partial charge >= 0.3 is 0 Å². The first-order valence-electron chi connectivity index (χ1n) is 10.2. The van der Waals surface area contributed by atoms with Crippen LogP contribution < -0.4 is 9.64 Å². The molecule has 2 heterocycles. The minimum Gasteiger partial charge on any atom is -0.507 e. The number of carbonyl (C=O) groups excluding carboxylic acids is 2. The number of anilines is 1. The van der Waals surface area contributed by atoms with Crippen molar-refractivity contribution in [1.29, 1.82) is 0 Å². The number of hydrogen-bond acceptors (Lipinski definition) is 5. The summed E-state index contributed by atoms with van der Waals surface area (Å²) in [6, 6.07) is 12.7. The number of rotatable bonds is 5. The lowest BCUT2D eigenvalue weighted by Crippen LogP contribution is -2.30. The molecule has 1 saturated heterocycles. The summed E-state index contributed by atoms with van der Waals surface area (Å²) in [5.41, 5.74) is 2.68. The number of Topliss-reactive ketones (excluding diaryl/α,β-unsaturated/α-hetero) is 1. The van der Waals surface area contributed by atoms with Crippen LogP contribution in [0.15, 0.2) is 64.8 Å². The summed E-state index contributed by atoms with van der Waals surface area (Å²) in [5, 5.41) is 11.6. The zero-order chi connectivity index (χ0) is 23.0. The Morgan fingerprint density at radius 3 is 2.59 bits per heavy atom. The van der Waals surface area contributed by atoms with Gasteiger partial charge in [0.25, 0.3) is 11.7 Å². The van der Waals surface area contributed by atoms with Crippen molar-refractivity contribution in [2.24, 2.45) is 0 Å². The molecule has 6 nitrogen and oxygen atoms in total. The number of hydrogen-bond donors (Lipinski definition) is 1. The van der Waals surface area contributed by atoms with Crippen LogP contribution in [0, 0.1) is 13.8 Å². The van der Waals surface area contributed by atoms with Crippen molar-refractivity contribution in [3.05, 3.63) is 87.8 Å². The van der Waals surface area contributed by atoms with Crippen molar-refractivity contribution in [2.75, 3.05) is 11.5 Å². The molecule has 1 fully saturated rings. The summed E-state index contributed by atoms with van der Waals surface area (Å²) in [4.78, 5) is 27.7. The third-order valence-electron chi connectivity index (χ3n) is 5.37. The Kier molecular flexibility index (Phi) is 5.80. The average molecular weight is 452 g/mol. The van der Waals surface area contributed by atoms with Gasteiger partial charge in [0.1, 0.15) is 23.3 Å². The highest BCUT2D eigenvalue weighted by Gasteiger charge is 2.48. The molecule has 0 spiro atoms. The highest BCUT2D eigenvalue weighted by atomic mass is 35.5. The lowest BCUT2D eigenvalue weighted by atomic mass is 9.98. The van der Waals surface area contributed by atoms with Crippen LogP contribution in [-0.4, -0.2) is 23.4 Å². The summed E-state index contributed by atoms with van der Waals surface area (Å²) in [6.45, 7) is 6.02. The van der Waals surface area contributed by atoms with Crippen LogP contribution in [-0.2, 0) is 9.59 Å². The van der Waals surface area contributed by atoms with E-state index < -0.39 is 17.7 Å². The molecule has 1 amide bonds. The van der Waals surface area contributed by atoms with E-state index in [-0.39, 0.29) is 11.3 Å². The Bertz CT molecular complexity index is 1230. The molecule has 2 aromatic carbocycles. The molecule has 3 aromatic rings. The zero-order valence-electron chi connectivity index (χ0n) is 17.9. The predicted molar refractivity (Wildman–Crippen MR) is 122 cm³/mol. The molecular formula is C25H22ClNO5. The lowest BCUT2D eigenvalue weighted by molar-refractivity contribution is -0.132. The molecule has 0 saturated carbocycles. The van der Waals surface area contributed by atoms with E-state index in [4.69, 9.17) is 20.8 Å². The van der Waals surface area contributed by atoms with Gasteiger partial charge < -0.3 is 14.3 Å². The summed E-state index contributed by atoms with van der Waals surface area (Å²) in [5.74, 6) is -1.12. The number of carbonyl (C=O) groups is 2. The number of aliphatic hydroxyl groups excluding tert-OH is 1. The number of ketones is 1. The summed E-state index contributed by atoms with van der Waals surface area (Å²) in [6.07, 6.45) is 1.47. The van der Waals surface area contributed by atoms with Crippen molar-refractivity contribution in [1.82, 2.24) is 0 Å². The number of benzene rings is 2. The number of aliphatic hydroxyl groups is 1. The van der Waals surface area contributed by atoms with Crippen LogP contribution in [0.25, 0.3) is 5.76 Å². The van der Waals surface area contributed by atoms with E-state index in [1.807, 2.05) is 32.9 Å². The average Bonchev–Trinajstić information content (AvgIpc) is 3.37. The molecule has 0 aliphatic carbocycles. The maximum atomic E-state index is 13.2. The zero-order valence-corrected chi connectivity index (χ0v) is 18.6. The van der Waals surface area contributed by atoms with Gasteiger partial charge in [-0.15, -0.1) is 0 Å². The molecule has 1 aliphatic rings. The first kappa shape index (κ1) is 21.7. The molecule has 1 aliphatic heterocycles. The van der Waals surface area contributed by atoms with E-state index in [1.165, 1.54) is 11.2 Å². The standard InChI is InChI=1S/C25H22ClNO5/c1-4-31-20-13-16(8-9-17(20)26)23(28)21-22(19-6-5-11-32-19)27(25(30)24(21)29)18-10-7-14(2)12-15(18)3/h5-13,22,28H,4H2,1-3H3/b23-21-. The SMILES string of the molecule is CCOc1cc(/C(O)=C2/C(=O)C(=O)N(c3ccc(C)cc3C)C2c2ccco2)ccc1Cl. The topological polar surface area (TPSA) is 80.0 Å². The number of aryl methyl sites for hydroxylation is 2. The summed E-state index contributed by atoms with van der Waals surface area (Å²) < 4.78 is 11.1. The molecule has 7 heteroatoms. The van der Waals surface area contributed by atoms with Gasteiger partial charge in [0.05, 0.1) is 23.5 Å². The van der Waals surface area contributed by atoms with Crippen LogP contribution in [0.2, 0.25) is 5.02 Å². The fourth-order valence-corrected chi connectivity index (χ4v) is 4.12. The molecule has 1 N–H and O–H groups in total. The molecule has 0 bridgehead atoms. The highest BCUT2D eigenvalue weighted by molar-refractivity contribution is 6.51. The van der Waals surface area contributed by atoms with Crippen molar-refractivity contribution < 1.29 is 23.8 Å². The third kappa shape index (κ3) is 3.67. The van der Waals surface area contributed by atoms with Gasteiger partial charge in [-0.1, -0.05) is 29.3 Å². The van der Waals surface area contributed by atoms with E-state index in [0.717, 1.165) is 11.1 Å². The summed E-state index contributed by atoms with van der Waals surface area (Å²) in [7, 11) is 0. The molecule has 0 radical (unpaired) electrons. The lowest BCUT2D eigenvalue weighted by Gasteiger charge is -2.25. The third-order valence-corrected chi connectivity index (χ3v) is 5.69. The molecule has 1 aromatic heterocycles. The van der Waals surface area contributed by atoms with E-state index in [2.05, 4.69) is 0 Å². The second-order valence-electron chi connectivity index (χ2n) is 7.55. The highest BCUT2D eigenvalue weighted by Crippen LogP contribution is 2.43. The number of halogens is 1. The molecule has 164 valence electrons. The Balaban J connectivity index is 1.92.